The Morgan fingerprint density at radius 1 is 1.00 bits per heavy atom. The minimum absolute atomic E-state index is 0.0223. The topological polar surface area (TPSA) is 144 Å². The zero-order valence-corrected chi connectivity index (χ0v) is 22.4. The molecule has 226 valence electrons. The van der Waals surface area contributed by atoms with Gasteiger partial charge in [-0.05, 0) is 37.3 Å². The van der Waals surface area contributed by atoms with E-state index in [1.807, 2.05) is 0 Å². The van der Waals surface area contributed by atoms with E-state index in [-0.39, 0.29) is 16.9 Å². The SMILES string of the molecule is Cc1nc2ccc(-n3c([C@@H]4O[C@H](CO)[C@H](O)[C@H](n5cc(-c6cc(F)c(F)c(F)c6)nn5)[C@H]4O)nnc3C(F)(F)F)cc2s1. The molecule has 1 aliphatic rings. The second-order valence-corrected chi connectivity index (χ2v) is 10.9. The van der Waals surface area contributed by atoms with E-state index in [0.717, 1.165) is 10.9 Å². The molecular formula is C25H19F6N7O4S. The molecule has 0 unspecified atom stereocenters. The summed E-state index contributed by atoms with van der Waals surface area (Å²) in [4.78, 5) is 4.30. The number of fused-ring (bicyclic) bond motifs is 1. The number of rotatable bonds is 5. The van der Waals surface area contributed by atoms with Crippen LogP contribution in [0.3, 0.4) is 0 Å². The highest BCUT2D eigenvalue weighted by atomic mass is 32.1. The average Bonchev–Trinajstić information content (AvgIpc) is 3.69. The van der Waals surface area contributed by atoms with Crippen LogP contribution < -0.4 is 0 Å². The van der Waals surface area contributed by atoms with E-state index in [0.29, 0.717) is 31.9 Å². The largest absolute Gasteiger partial charge is 0.452 e. The van der Waals surface area contributed by atoms with Crippen LogP contribution in [0, 0.1) is 24.4 Å². The molecule has 0 radical (unpaired) electrons. The first-order valence-corrected chi connectivity index (χ1v) is 13.3. The van der Waals surface area contributed by atoms with Crippen LogP contribution in [0.1, 0.15) is 28.8 Å². The summed E-state index contributed by atoms with van der Waals surface area (Å²) < 4.78 is 91.2. The first-order valence-electron chi connectivity index (χ1n) is 12.5. The number of aromatic nitrogens is 7. The number of benzene rings is 2. The van der Waals surface area contributed by atoms with Gasteiger partial charge in [0.25, 0.3) is 0 Å². The van der Waals surface area contributed by atoms with Crippen molar-refractivity contribution < 1.29 is 46.4 Å². The van der Waals surface area contributed by atoms with E-state index >= 15 is 0 Å². The maximum Gasteiger partial charge on any atom is 0.452 e. The quantitative estimate of drug-likeness (QED) is 0.198. The standard InChI is InChI=1S/C25H19F6N7O4S/c1-9-32-14-3-2-11(6-17(14)43-9)38-23(34-35-24(38)25(29,30)31)22-21(41)19(20(40)16(8-39)42-22)37-7-15(33-36-37)10-4-12(26)18(28)13(27)5-10/h2-7,16,19-22,39-41H,8H2,1H3/t16-,19+,20+,21-,22-/m1/s1. The number of hydrogen-bond acceptors (Lipinski definition) is 10. The van der Waals surface area contributed by atoms with E-state index in [2.05, 4.69) is 25.5 Å². The second kappa shape index (κ2) is 10.6. The highest BCUT2D eigenvalue weighted by Crippen LogP contribution is 2.41. The maximum atomic E-state index is 14.1. The van der Waals surface area contributed by atoms with Gasteiger partial charge >= 0.3 is 6.18 Å². The van der Waals surface area contributed by atoms with Gasteiger partial charge in [0.05, 0.1) is 33.7 Å². The molecule has 1 aliphatic heterocycles. The van der Waals surface area contributed by atoms with Crippen LogP contribution >= 0.6 is 11.3 Å². The molecule has 18 heteroatoms. The highest BCUT2D eigenvalue weighted by molar-refractivity contribution is 7.18. The van der Waals surface area contributed by atoms with Crippen molar-refractivity contribution in [1.82, 2.24) is 34.7 Å². The molecule has 43 heavy (non-hydrogen) atoms. The molecule has 6 rings (SSSR count). The molecule has 0 amide bonds. The van der Waals surface area contributed by atoms with E-state index < -0.39 is 72.3 Å². The minimum Gasteiger partial charge on any atom is -0.394 e. The summed E-state index contributed by atoms with van der Waals surface area (Å²) in [7, 11) is 0. The van der Waals surface area contributed by atoms with Crippen LogP contribution in [0.5, 0.6) is 0 Å². The molecule has 1 saturated heterocycles. The summed E-state index contributed by atoms with van der Waals surface area (Å²) in [6.07, 6.45) is -10.6. The molecule has 11 nitrogen and oxygen atoms in total. The van der Waals surface area contributed by atoms with Crippen molar-refractivity contribution >= 4 is 21.6 Å². The molecule has 3 N–H and O–H groups in total. The van der Waals surface area contributed by atoms with Crippen LogP contribution in [-0.2, 0) is 10.9 Å². The minimum atomic E-state index is -4.99. The summed E-state index contributed by atoms with van der Waals surface area (Å²) in [6.45, 7) is 0.907. The van der Waals surface area contributed by atoms with Crippen LogP contribution in [0.4, 0.5) is 26.3 Å². The normalized spacial score (nSPS) is 22.9. The Balaban J connectivity index is 1.44. The first-order chi connectivity index (χ1) is 20.4. The molecule has 5 aromatic rings. The Labute approximate surface area is 240 Å². The number of alkyl halides is 3. The maximum absolute atomic E-state index is 14.1. The molecule has 4 heterocycles. The van der Waals surface area contributed by atoms with Crippen molar-refractivity contribution in [1.29, 1.82) is 0 Å². The third kappa shape index (κ3) is 5.03. The molecule has 1 fully saturated rings. The van der Waals surface area contributed by atoms with Crippen LogP contribution in [-0.4, -0.2) is 75.0 Å². The van der Waals surface area contributed by atoms with Crippen LogP contribution in [0.25, 0.3) is 27.2 Å². The summed E-state index contributed by atoms with van der Waals surface area (Å²) in [6, 6.07) is 4.12. The van der Waals surface area contributed by atoms with Crippen LogP contribution in [0.15, 0.2) is 36.5 Å². The zero-order chi connectivity index (χ0) is 30.8. The van der Waals surface area contributed by atoms with Crippen molar-refractivity contribution in [2.24, 2.45) is 0 Å². The Kier molecular flexibility index (Phi) is 7.20. The number of aliphatic hydroxyl groups excluding tert-OH is 3. The van der Waals surface area contributed by atoms with Crippen molar-refractivity contribution in [3.8, 4) is 16.9 Å². The molecule has 0 spiro atoms. The number of aryl methyl sites for hydroxylation is 1. The van der Waals surface area contributed by atoms with E-state index in [9.17, 15) is 41.7 Å². The average molecular weight is 628 g/mol. The third-order valence-electron chi connectivity index (χ3n) is 6.92. The van der Waals surface area contributed by atoms with Crippen molar-refractivity contribution in [2.75, 3.05) is 6.61 Å². The van der Waals surface area contributed by atoms with Gasteiger partial charge in [-0.25, -0.2) is 22.8 Å². The van der Waals surface area contributed by atoms with Gasteiger partial charge < -0.3 is 20.1 Å². The number of halogens is 6. The molecule has 2 aromatic carbocycles. The van der Waals surface area contributed by atoms with Gasteiger partial charge in [-0.15, -0.1) is 26.6 Å². The fourth-order valence-corrected chi connectivity index (χ4v) is 5.83. The first kappa shape index (κ1) is 29.1. The molecule has 5 atom stereocenters. The third-order valence-corrected chi connectivity index (χ3v) is 7.85. The molecule has 0 saturated carbocycles. The lowest BCUT2D eigenvalue weighted by Gasteiger charge is -2.41. The van der Waals surface area contributed by atoms with Gasteiger partial charge in [0.2, 0.25) is 5.82 Å². The Morgan fingerprint density at radius 2 is 1.72 bits per heavy atom. The monoisotopic (exact) mass is 627 g/mol. The van der Waals surface area contributed by atoms with Crippen molar-refractivity contribution in [2.45, 2.75) is 43.6 Å². The number of nitrogens with zero attached hydrogens (tertiary/aromatic N) is 7. The number of ether oxygens (including phenoxy) is 1. The summed E-state index contributed by atoms with van der Waals surface area (Å²) in [5, 5.41) is 47.5. The molecule has 0 bridgehead atoms. The Bertz CT molecular complexity index is 1800. The lowest BCUT2D eigenvalue weighted by Crippen LogP contribution is -2.53. The van der Waals surface area contributed by atoms with Gasteiger partial charge in [-0.3, -0.25) is 4.57 Å². The zero-order valence-electron chi connectivity index (χ0n) is 21.6. The summed E-state index contributed by atoms with van der Waals surface area (Å²) in [5.74, 6) is -6.62. The summed E-state index contributed by atoms with van der Waals surface area (Å²) >= 11 is 1.24. The smallest absolute Gasteiger partial charge is 0.394 e. The fraction of sp³-hybridized carbons (Fsp3) is 0.320. The van der Waals surface area contributed by atoms with Crippen molar-refractivity contribution in [3.63, 3.8) is 0 Å². The highest BCUT2D eigenvalue weighted by Gasteiger charge is 2.50. The molecule has 3 aromatic heterocycles. The van der Waals surface area contributed by atoms with Gasteiger partial charge in [0, 0.05) is 5.56 Å². The van der Waals surface area contributed by atoms with Gasteiger partial charge in [0.15, 0.2) is 23.3 Å². The van der Waals surface area contributed by atoms with E-state index in [1.54, 1.807) is 6.92 Å². The van der Waals surface area contributed by atoms with Gasteiger partial charge in [-0.2, -0.15) is 13.2 Å². The lowest BCUT2D eigenvalue weighted by molar-refractivity contribution is -0.211. The Morgan fingerprint density at radius 3 is 2.40 bits per heavy atom. The van der Waals surface area contributed by atoms with Crippen LogP contribution in [0.2, 0.25) is 0 Å². The fourth-order valence-electron chi connectivity index (χ4n) is 4.97. The van der Waals surface area contributed by atoms with Gasteiger partial charge in [0.1, 0.15) is 36.2 Å². The molecular weight excluding hydrogens is 608 g/mol. The predicted octanol–water partition coefficient (Wildman–Crippen LogP) is 3.28. The second-order valence-electron chi connectivity index (χ2n) is 9.69. The lowest BCUT2D eigenvalue weighted by atomic mass is 9.92. The Hall–Kier alpha value is -3.97. The van der Waals surface area contributed by atoms with E-state index in [4.69, 9.17) is 4.74 Å². The van der Waals surface area contributed by atoms with Gasteiger partial charge in [-0.1, -0.05) is 5.21 Å². The number of hydrogen-bond donors (Lipinski definition) is 3. The number of aliphatic hydroxyl groups is 3. The number of thiazole rings is 1. The predicted molar refractivity (Wildman–Crippen MR) is 135 cm³/mol. The summed E-state index contributed by atoms with van der Waals surface area (Å²) in [5.41, 5.74) is 0.120. The van der Waals surface area contributed by atoms with Crippen molar-refractivity contribution in [3.05, 3.63) is 70.6 Å². The molecule has 0 aliphatic carbocycles. The van der Waals surface area contributed by atoms with E-state index in [1.165, 1.54) is 29.5 Å².